The monoisotopic (exact) mass is 356 g/mol. The lowest BCUT2D eigenvalue weighted by atomic mass is 10.1. The molecule has 2 amide bonds. The second kappa shape index (κ2) is 8.03. The summed E-state index contributed by atoms with van der Waals surface area (Å²) < 4.78 is 6.64. The standard InChI is InChI=1S/C19H24N4O3/c1-23-17(21-18(24)14-5-3-4-6-14)11-16(22-23)19(25)20-12-13-7-9-15(26-2)10-8-13/h7-11,14H,3-6,12H2,1-2H3,(H,20,25)(H,21,24). The van der Waals surface area contributed by atoms with Crippen molar-refractivity contribution in [3.05, 3.63) is 41.6 Å². The van der Waals surface area contributed by atoms with Gasteiger partial charge in [0.2, 0.25) is 5.91 Å². The van der Waals surface area contributed by atoms with Gasteiger partial charge in [-0.1, -0.05) is 25.0 Å². The van der Waals surface area contributed by atoms with Crippen LogP contribution in [0.5, 0.6) is 5.75 Å². The van der Waals surface area contributed by atoms with Crippen LogP contribution in [0, 0.1) is 5.92 Å². The molecule has 0 unspecified atom stereocenters. The Kier molecular flexibility index (Phi) is 5.55. The number of nitrogens with zero attached hydrogens (tertiary/aromatic N) is 2. The van der Waals surface area contributed by atoms with E-state index in [0.29, 0.717) is 12.4 Å². The predicted octanol–water partition coefficient (Wildman–Crippen LogP) is 2.49. The van der Waals surface area contributed by atoms with Crippen LogP contribution in [0.3, 0.4) is 0 Å². The number of anilines is 1. The van der Waals surface area contributed by atoms with Gasteiger partial charge in [-0.3, -0.25) is 14.3 Å². The first-order valence-electron chi connectivity index (χ1n) is 8.83. The van der Waals surface area contributed by atoms with E-state index in [2.05, 4.69) is 15.7 Å². The molecule has 1 aliphatic carbocycles. The third kappa shape index (κ3) is 4.22. The second-order valence-electron chi connectivity index (χ2n) is 6.54. The van der Waals surface area contributed by atoms with E-state index in [-0.39, 0.29) is 23.4 Å². The van der Waals surface area contributed by atoms with Gasteiger partial charge in [0.25, 0.3) is 5.91 Å². The van der Waals surface area contributed by atoms with Gasteiger partial charge in [-0.2, -0.15) is 5.10 Å². The summed E-state index contributed by atoms with van der Waals surface area (Å²) in [5.74, 6) is 1.11. The molecule has 7 heteroatoms. The summed E-state index contributed by atoms with van der Waals surface area (Å²) in [5.41, 5.74) is 1.24. The molecule has 3 rings (SSSR count). The number of nitrogens with one attached hydrogen (secondary N) is 2. The van der Waals surface area contributed by atoms with Crippen molar-refractivity contribution in [1.29, 1.82) is 0 Å². The lowest BCUT2D eigenvalue weighted by molar-refractivity contribution is -0.119. The minimum absolute atomic E-state index is 0.00990. The fraction of sp³-hybridized carbons (Fsp3) is 0.421. The van der Waals surface area contributed by atoms with Crippen molar-refractivity contribution in [3.63, 3.8) is 0 Å². The van der Waals surface area contributed by atoms with Crippen LogP contribution in [0.2, 0.25) is 0 Å². The smallest absolute Gasteiger partial charge is 0.272 e. The van der Waals surface area contributed by atoms with Crippen LogP contribution >= 0.6 is 0 Å². The molecule has 2 N–H and O–H groups in total. The van der Waals surface area contributed by atoms with Crippen LogP contribution in [0.1, 0.15) is 41.7 Å². The Morgan fingerprint density at radius 2 is 1.92 bits per heavy atom. The van der Waals surface area contributed by atoms with Gasteiger partial charge in [-0.15, -0.1) is 0 Å². The number of hydrogen-bond donors (Lipinski definition) is 2. The van der Waals surface area contributed by atoms with E-state index in [1.165, 1.54) is 4.68 Å². The molecular weight excluding hydrogens is 332 g/mol. The first-order chi connectivity index (χ1) is 12.6. The van der Waals surface area contributed by atoms with Gasteiger partial charge in [0.05, 0.1) is 7.11 Å². The zero-order valence-electron chi connectivity index (χ0n) is 15.1. The van der Waals surface area contributed by atoms with E-state index >= 15 is 0 Å². The van der Waals surface area contributed by atoms with Gasteiger partial charge in [0.1, 0.15) is 11.6 Å². The molecule has 0 spiro atoms. The van der Waals surface area contributed by atoms with E-state index in [9.17, 15) is 9.59 Å². The van der Waals surface area contributed by atoms with Gasteiger partial charge in [0.15, 0.2) is 5.69 Å². The number of carbonyl (C=O) groups is 2. The van der Waals surface area contributed by atoms with Crippen molar-refractivity contribution in [1.82, 2.24) is 15.1 Å². The molecule has 0 aliphatic heterocycles. The summed E-state index contributed by atoms with van der Waals surface area (Å²) >= 11 is 0. The maximum Gasteiger partial charge on any atom is 0.272 e. The largest absolute Gasteiger partial charge is 0.497 e. The van der Waals surface area contributed by atoms with E-state index in [1.807, 2.05) is 24.3 Å². The Hall–Kier alpha value is -2.83. The van der Waals surface area contributed by atoms with Crippen molar-refractivity contribution in [3.8, 4) is 5.75 Å². The molecule has 7 nitrogen and oxygen atoms in total. The highest BCUT2D eigenvalue weighted by Crippen LogP contribution is 2.26. The second-order valence-corrected chi connectivity index (χ2v) is 6.54. The number of carbonyl (C=O) groups excluding carboxylic acids is 2. The Morgan fingerprint density at radius 1 is 1.23 bits per heavy atom. The van der Waals surface area contributed by atoms with Crippen molar-refractivity contribution in [2.24, 2.45) is 13.0 Å². The summed E-state index contributed by atoms with van der Waals surface area (Å²) in [6.45, 7) is 0.392. The topological polar surface area (TPSA) is 85.3 Å². The van der Waals surface area contributed by atoms with Crippen molar-refractivity contribution < 1.29 is 14.3 Å². The zero-order chi connectivity index (χ0) is 18.5. The molecule has 26 heavy (non-hydrogen) atoms. The van der Waals surface area contributed by atoms with Gasteiger partial charge in [-0.25, -0.2) is 0 Å². The van der Waals surface area contributed by atoms with Crippen LogP contribution in [0.15, 0.2) is 30.3 Å². The fourth-order valence-corrected chi connectivity index (χ4v) is 3.13. The number of rotatable bonds is 6. The highest BCUT2D eigenvalue weighted by atomic mass is 16.5. The fourth-order valence-electron chi connectivity index (χ4n) is 3.13. The molecule has 0 atom stereocenters. The van der Waals surface area contributed by atoms with Gasteiger partial charge >= 0.3 is 0 Å². The third-order valence-corrected chi connectivity index (χ3v) is 4.70. The van der Waals surface area contributed by atoms with Crippen LogP contribution in [-0.4, -0.2) is 28.7 Å². The molecule has 0 saturated heterocycles. The summed E-state index contributed by atoms with van der Waals surface area (Å²) in [7, 11) is 3.32. The molecular formula is C19H24N4O3. The summed E-state index contributed by atoms with van der Waals surface area (Å²) in [4.78, 5) is 24.6. The summed E-state index contributed by atoms with van der Waals surface area (Å²) in [6, 6.07) is 9.09. The number of hydrogen-bond acceptors (Lipinski definition) is 4. The Balaban J connectivity index is 1.58. The normalized spacial score (nSPS) is 14.2. The van der Waals surface area contributed by atoms with Crippen LogP contribution in [0.4, 0.5) is 5.82 Å². The number of aryl methyl sites for hydroxylation is 1. The average Bonchev–Trinajstić information content (AvgIpc) is 3.31. The molecule has 1 heterocycles. The number of benzene rings is 1. The first-order valence-corrected chi connectivity index (χ1v) is 8.83. The van der Waals surface area contributed by atoms with Crippen LogP contribution < -0.4 is 15.4 Å². The molecule has 2 aromatic rings. The van der Waals surface area contributed by atoms with E-state index in [0.717, 1.165) is 37.0 Å². The predicted molar refractivity (Wildman–Crippen MR) is 98.0 cm³/mol. The average molecular weight is 356 g/mol. The number of amides is 2. The maximum atomic E-state index is 12.3. The minimum atomic E-state index is -0.280. The van der Waals surface area contributed by atoms with Gasteiger partial charge in [-0.05, 0) is 30.5 Å². The Labute approximate surface area is 152 Å². The van der Waals surface area contributed by atoms with E-state index in [1.54, 1.807) is 20.2 Å². The molecule has 1 fully saturated rings. The Bertz CT molecular complexity index is 777. The summed E-state index contributed by atoms with van der Waals surface area (Å²) in [5, 5.41) is 9.91. The number of methoxy groups -OCH3 is 1. The number of aromatic nitrogens is 2. The lowest BCUT2D eigenvalue weighted by Crippen LogP contribution is -2.23. The molecule has 0 bridgehead atoms. The molecule has 1 aliphatic rings. The SMILES string of the molecule is COc1ccc(CNC(=O)c2cc(NC(=O)C3CCCC3)n(C)n2)cc1. The molecule has 0 radical (unpaired) electrons. The van der Waals surface area contributed by atoms with E-state index < -0.39 is 0 Å². The van der Waals surface area contributed by atoms with Crippen molar-refractivity contribution in [2.45, 2.75) is 32.2 Å². The van der Waals surface area contributed by atoms with Gasteiger partial charge < -0.3 is 15.4 Å². The van der Waals surface area contributed by atoms with Crippen molar-refractivity contribution >= 4 is 17.6 Å². The van der Waals surface area contributed by atoms with Crippen LogP contribution in [-0.2, 0) is 18.4 Å². The highest BCUT2D eigenvalue weighted by Gasteiger charge is 2.24. The van der Waals surface area contributed by atoms with E-state index in [4.69, 9.17) is 4.74 Å². The zero-order valence-corrected chi connectivity index (χ0v) is 15.1. The molecule has 1 aromatic heterocycles. The quantitative estimate of drug-likeness (QED) is 0.833. The van der Waals surface area contributed by atoms with Gasteiger partial charge in [0, 0.05) is 25.6 Å². The Morgan fingerprint density at radius 3 is 2.58 bits per heavy atom. The summed E-state index contributed by atoms with van der Waals surface area (Å²) in [6.07, 6.45) is 4.06. The molecule has 1 saturated carbocycles. The third-order valence-electron chi connectivity index (χ3n) is 4.70. The van der Waals surface area contributed by atoms with Crippen molar-refractivity contribution in [2.75, 3.05) is 12.4 Å². The lowest BCUT2D eigenvalue weighted by Gasteiger charge is -2.09. The first kappa shape index (κ1) is 18.0. The van der Waals surface area contributed by atoms with Crippen LogP contribution in [0.25, 0.3) is 0 Å². The highest BCUT2D eigenvalue weighted by molar-refractivity contribution is 5.96. The number of ether oxygens (including phenoxy) is 1. The maximum absolute atomic E-state index is 12.3. The molecule has 1 aromatic carbocycles. The minimum Gasteiger partial charge on any atom is -0.497 e. The molecule has 138 valence electrons.